The summed E-state index contributed by atoms with van der Waals surface area (Å²) in [6.07, 6.45) is 3.46. The van der Waals surface area contributed by atoms with Crippen LogP contribution in [0.3, 0.4) is 0 Å². The molecule has 16 heteroatoms. The number of aromatic nitrogens is 1. The first-order valence-corrected chi connectivity index (χ1v) is 18.1. The number of pyridine rings is 1. The average Bonchev–Trinajstić information content (AvgIpc) is 3.36. The molecule has 0 bridgehead atoms. The van der Waals surface area contributed by atoms with Crippen molar-refractivity contribution in [3.05, 3.63) is 71.4 Å². The van der Waals surface area contributed by atoms with Crippen molar-refractivity contribution in [1.82, 2.24) is 25.4 Å². The van der Waals surface area contributed by atoms with E-state index in [4.69, 9.17) is 18.9 Å². The third-order valence-electron chi connectivity index (χ3n) is 10.1. The third kappa shape index (κ3) is 5.89. The molecule has 2 N–H and O–H groups in total. The van der Waals surface area contributed by atoms with E-state index in [-0.39, 0.29) is 44.9 Å². The van der Waals surface area contributed by atoms with Crippen LogP contribution in [0.1, 0.15) is 29.5 Å². The van der Waals surface area contributed by atoms with Gasteiger partial charge in [-0.15, -0.1) is 0 Å². The van der Waals surface area contributed by atoms with Crippen LogP contribution in [-0.2, 0) is 25.1 Å². The average molecular weight is 718 g/mol. The summed E-state index contributed by atoms with van der Waals surface area (Å²) in [5, 5.41) is 16.5. The first kappa shape index (κ1) is 34.5. The lowest BCUT2D eigenvalue weighted by Crippen LogP contribution is -2.67. The van der Waals surface area contributed by atoms with Crippen molar-refractivity contribution in [3.63, 3.8) is 0 Å². The number of hydrogen-bond acceptors (Lipinski definition) is 12. The SMILES string of the molecule is COc1ccc(S(=O)(=O)N2C(=O)[C@@](NC(=O)N3CC(N4CCC(NC5COC5)CC4)C3)(c3cccnc3OC)c3cc(C#N)ccc32)c(OC)c1. The minimum atomic E-state index is -4.69. The van der Waals surface area contributed by atoms with Crippen LogP contribution in [0.4, 0.5) is 10.5 Å². The van der Waals surface area contributed by atoms with Crippen molar-refractivity contribution in [2.24, 2.45) is 0 Å². The number of urea groups is 1. The summed E-state index contributed by atoms with van der Waals surface area (Å²) in [6, 6.07) is 13.9. The second-order valence-electron chi connectivity index (χ2n) is 12.9. The van der Waals surface area contributed by atoms with Crippen molar-refractivity contribution in [3.8, 4) is 23.4 Å². The first-order valence-electron chi connectivity index (χ1n) is 16.7. The summed E-state index contributed by atoms with van der Waals surface area (Å²) in [7, 11) is -0.590. The van der Waals surface area contributed by atoms with E-state index in [1.807, 2.05) is 0 Å². The highest BCUT2D eigenvalue weighted by atomic mass is 32.2. The van der Waals surface area contributed by atoms with Crippen LogP contribution in [0.15, 0.2) is 59.6 Å². The van der Waals surface area contributed by atoms with E-state index in [2.05, 4.69) is 26.6 Å². The Bertz CT molecular complexity index is 1990. The number of methoxy groups -OCH3 is 3. The largest absolute Gasteiger partial charge is 0.497 e. The van der Waals surface area contributed by atoms with E-state index in [1.54, 1.807) is 17.0 Å². The zero-order valence-electron chi connectivity index (χ0n) is 28.5. The van der Waals surface area contributed by atoms with Gasteiger partial charge in [0.25, 0.3) is 15.9 Å². The molecule has 51 heavy (non-hydrogen) atoms. The molecule has 0 saturated carbocycles. The Hall–Kier alpha value is -4.95. The molecule has 4 aliphatic rings. The van der Waals surface area contributed by atoms with E-state index >= 15 is 4.79 Å². The quantitative estimate of drug-likeness (QED) is 0.312. The van der Waals surface area contributed by atoms with Gasteiger partial charge >= 0.3 is 6.03 Å². The lowest BCUT2D eigenvalue weighted by molar-refractivity contribution is -0.121. The number of hydrogen-bond donors (Lipinski definition) is 2. The summed E-state index contributed by atoms with van der Waals surface area (Å²) < 4.78 is 51.3. The maximum Gasteiger partial charge on any atom is 0.318 e. The van der Waals surface area contributed by atoms with E-state index in [0.29, 0.717) is 35.2 Å². The monoisotopic (exact) mass is 717 g/mol. The Morgan fingerprint density at radius 3 is 2.41 bits per heavy atom. The standard InChI is InChI=1S/C35H39N7O8S/c1-47-26-7-9-31(30(16-26)48-2)51(45,46)42-29-8-6-22(17-36)15-28(29)35(33(42)43,27-5-4-12-37-32(27)49-3)39-34(44)41-18-25(19-41)40-13-10-23(11-14-40)38-24-20-50-21-24/h4-9,12,15-16,23-25,38H,10-11,13-14,18-21H2,1-3H3,(H,39,44)/t35-/m1/s1. The van der Waals surface area contributed by atoms with Gasteiger partial charge in [0.15, 0.2) is 5.54 Å². The van der Waals surface area contributed by atoms with Crippen molar-refractivity contribution in [2.75, 3.05) is 65.0 Å². The van der Waals surface area contributed by atoms with Crippen molar-refractivity contribution >= 4 is 27.6 Å². The van der Waals surface area contributed by atoms with Gasteiger partial charge in [-0.2, -0.15) is 9.57 Å². The lowest BCUT2D eigenvalue weighted by atomic mass is 9.83. The van der Waals surface area contributed by atoms with Crippen LogP contribution >= 0.6 is 0 Å². The number of sulfonamides is 1. The first-order chi connectivity index (χ1) is 24.6. The Balaban J connectivity index is 1.23. The second kappa shape index (κ2) is 13.6. The number of benzene rings is 2. The fourth-order valence-corrected chi connectivity index (χ4v) is 8.87. The van der Waals surface area contributed by atoms with Gasteiger partial charge in [0.1, 0.15) is 16.4 Å². The minimum Gasteiger partial charge on any atom is -0.497 e. The number of nitrogens with one attached hydrogen (secondary N) is 2. The van der Waals surface area contributed by atoms with Crippen molar-refractivity contribution in [1.29, 1.82) is 5.26 Å². The molecule has 0 spiro atoms. The number of anilines is 1. The molecule has 0 radical (unpaired) electrons. The number of ether oxygens (including phenoxy) is 4. The Labute approximate surface area is 296 Å². The van der Waals surface area contributed by atoms with Gasteiger partial charge in [-0.25, -0.2) is 18.2 Å². The topological polar surface area (TPSA) is 176 Å². The normalized spacial score (nSPS) is 21.3. The predicted octanol–water partition coefficient (Wildman–Crippen LogP) is 1.80. The van der Waals surface area contributed by atoms with Gasteiger partial charge in [-0.1, -0.05) is 0 Å². The molecule has 268 valence electrons. The summed E-state index contributed by atoms with van der Waals surface area (Å²) in [6.45, 7) is 4.14. The summed E-state index contributed by atoms with van der Waals surface area (Å²) in [4.78, 5) is 37.2. The number of carbonyl (C=O) groups is 2. The van der Waals surface area contributed by atoms with Gasteiger partial charge in [-0.05, 0) is 55.3 Å². The molecule has 3 saturated heterocycles. The highest BCUT2D eigenvalue weighted by Crippen LogP contribution is 2.50. The number of piperidine rings is 1. The molecule has 1 aromatic heterocycles. The predicted molar refractivity (Wildman–Crippen MR) is 183 cm³/mol. The number of carbonyl (C=O) groups excluding carboxylic acids is 2. The van der Waals surface area contributed by atoms with Crippen molar-refractivity contribution in [2.45, 2.75) is 41.4 Å². The number of nitriles is 1. The number of likely N-dealkylation sites (tertiary alicyclic amines) is 2. The molecular weight excluding hydrogens is 678 g/mol. The molecule has 3 fully saturated rings. The maximum absolute atomic E-state index is 15.1. The molecule has 3 aromatic rings. The zero-order valence-corrected chi connectivity index (χ0v) is 29.3. The van der Waals surface area contributed by atoms with Gasteiger partial charge in [-0.3, -0.25) is 9.69 Å². The number of fused-ring (bicyclic) bond motifs is 1. The fourth-order valence-electron chi connectivity index (χ4n) is 7.26. The van der Waals surface area contributed by atoms with E-state index in [9.17, 15) is 18.5 Å². The van der Waals surface area contributed by atoms with Crippen LogP contribution < -0.4 is 29.1 Å². The second-order valence-corrected chi connectivity index (χ2v) is 14.7. The highest BCUT2D eigenvalue weighted by Gasteiger charge is 2.59. The van der Waals surface area contributed by atoms with Gasteiger partial charge in [0.2, 0.25) is 5.88 Å². The summed E-state index contributed by atoms with van der Waals surface area (Å²) in [5.41, 5.74) is -1.87. The smallest absolute Gasteiger partial charge is 0.318 e. The molecule has 3 amide bonds. The van der Waals surface area contributed by atoms with Crippen LogP contribution in [0, 0.1) is 11.3 Å². The lowest BCUT2D eigenvalue weighted by Gasteiger charge is -2.48. The summed E-state index contributed by atoms with van der Waals surface area (Å²) in [5.74, 6) is -0.723. The Morgan fingerprint density at radius 2 is 1.76 bits per heavy atom. The Kier molecular flexibility index (Phi) is 9.23. The van der Waals surface area contributed by atoms with Crippen LogP contribution in [0.5, 0.6) is 17.4 Å². The molecule has 2 aromatic carbocycles. The molecule has 0 unspecified atom stereocenters. The number of rotatable bonds is 10. The number of amides is 3. The molecular formula is C35H39N7O8S. The van der Waals surface area contributed by atoms with Crippen LogP contribution in [0.2, 0.25) is 0 Å². The fraction of sp³-hybridized carbons (Fsp3) is 0.429. The molecule has 5 heterocycles. The number of nitrogens with zero attached hydrogens (tertiary/aromatic N) is 5. The molecule has 15 nitrogen and oxygen atoms in total. The molecule has 1 atom stereocenters. The maximum atomic E-state index is 15.1. The molecule has 4 aliphatic heterocycles. The minimum absolute atomic E-state index is 0.00725. The van der Waals surface area contributed by atoms with Crippen LogP contribution in [-0.4, -0.2) is 114 Å². The highest BCUT2D eigenvalue weighted by molar-refractivity contribution is 7.93. The van der Waals surface area contributed by atoms with Gasteiger partial charge < -0.3 is 34.5 Å². The summed E-state index contributed by atoms with van der Waals surface area (Å²) >= 11 is 0. The van der Waals surface area contributed by atoms with E-state index in [0.717, 1.165) is 39.1 Å². The van der Waals surface area contributed by atoms with E-state index < -0.39 is 27.5 Å². The zero-order chi connectivity index (χ0) is 35.9. The molecule has 0 aliphatic carbocycles. The van der Waals surface area contributed by atoms with Gasteiger partial charge in [0.05, 0.1) is 63.5 Å². The third-order valence-corrected chi connectivity index (χ3v) is 11.8. The molecule has 7 rings (SSSR count). The van der Waals surface area contributed by atoms with Crippen LogP contribution in [0.25, 0.3) is 0 Å². The van der Waals surface area contributed by atoms with E-state index in [1.165, 1.54) is 63.9 Å². The van der Waals surface area contributed by atoms with Gasteiger partial charge in [0, 0.05) is 56.1 Å². The Morgan fingerprint density at radius 1 is 1.00 bits per heavy atom. The van der Waals surface area contributed by atoms with Crippen molar-refractivity contribution < 1.29 is 37.0 Å².